The summed E-state index contributed by atoms with van der Waals surface area (Å²) in [7, 11) is 0. The van der Waals surface area contributed by atoms with Gasteiger partial charge >= 0.3 is 6.18 Å². The van der Waals surface area contributed by atoms with Gasteiger partial charge in [-0.2, -0.15) is 17.7 Å². The normalized spacial score (nSPS) is 27.8. The summed E-state index contributed by atoms with van der Waals surface area (Å²) < 4.78 is 39.9. The maximum Gasteiger partial charge on any atom is 0.453 e. The van der Waals surface area contributed by atoms with Crippen LogP contribution in [0.4, 0.5) is 19.0 Å². The Balaban J connectivity index is 1.45. The second-order valence-electron chi connectivity index (χ2n) is 7.80. The number of nitrogens with one attached hydrogen (secondary N) is 1. The second kappa shape index (κ2) is 7.60. The first-order valence-corrected chi connectivity index (χ1v) is 9.98. The molecule has 1 saturated carbocycles. The van der Waals surface area contributed by atoms with Gasteiger partial charge in [-0.05, 0) is 68.2 Å². The number of rotatable bonds is 4. The molecule has 2 aromatic rings. The van der Waals surface area contributed by atoms with Crippen LogP contribution in [0.2, 0.25) is 0 Å². The van der Waals surface area contributed by atoms with E-state index < -0.39 is 12.0 Å². The molecule has 0 radical (unpaired) electrons. The topological polar surface area (TPSA) is 81.1 Å². The minimum Gasteiger partial charge on any atom is -0.366 e. The number of aromatic nitrogens is 4. The Bertz CT molecular complexity index is 943. The number of alkyl halides is 3. The van der Waals surface area contributed by atoms with Gasteiger partial charge in [0.15, 0.2) is 5.65 Å². The molecule has 3 N–H and O–H groups in total. The Morgan fingerprint density at radius 1 is 1.24 bits per heavy atom. The summed E-state index contributed by atoms with van der Waals surface area (Å²) in [4.78, 5) is 0. The molecule has 10 heteroatoms. The summed E-state index contributed by atoms with van der Waals surface area (Å²) in [5, 5.41) is 14.9. The van der Waals surface area contributed by atoms with Gasteiger partial charge in [-0.3, -0.25) is 0 Å². The van der Waals surface area contributed by atoms with Gasteiger partial charge < -0.3 is 11.1 Å². The fourth-order valence-electron chi connectivity index (χ4n) is 4.38. The molecule has 1 fully saturated rings. The van der Waals surface area contributed by atoms with Crippen molar-refractivity contribution >= 4 is 23.1 Å². The van der Waals surface area contributed by atoms with E-state index in [0.29, 0.717) is 18.3 Å². The molecule has 29 heavy (non-hydrogen) atoms. The van der Waals surface area contributed by atoms with Crippen molar-refractivity contribution in [2.75, 3.05) is 11.9 Å². The zero-order chi connectivity index (χ0) is 20.6. The fourth-order valence-corrected chi connectivity index (χ4v) is 4.61. The number of fused-ring (bicyclic) bond motifs is 1. The average Bonchev–Trinajstić information content (AvgIpc) is 3.12. The van der Waals surface area contributed by atoms with E-state index >= 15 is 0 Å². The molecule has 6 nitrogen and oxygen atoms in total. The number of hydrogen-bond acceptors (Lipinski definition) is 5. The number of allylic oxidation sites excluding steroid dienone is 4. The van der Waals surface area contributed by atoms with Gasteiger partial charge in [0.2, 0.25) is 0 Å². The van der Waals surface area contributed by atoms with Gasteiger partial charge in [0.1, 0.15) is 5.82 Å². The zero-order valence-electron chi connectivity index (χ0n) is 15.7. The quantitative estimate of drug-likeness (QED) is 0.767. The van der Waals surface area contributed by atoms with Crippen LogP contribution >= 0.6 is 11.6 Å². The number of nitrogens with two attached hydrogens (primary N) is 1. The highest BCUT2D eigenvalue weighted by Crippen LogP contribution is 2.46. The maximum absolute atomic E-state index is 13.1. The van der Waals surface area contributed by atoms with Gasteiger partial charge in [-0.25, -0.2) is 0 Å². The van der Waals surface area contributed by atoms with Crippen molar-refractivity contribution in [3.63, 3.8) is 0 Å². The summed E-state index contributed by atoms with van der Waals surface area (Å²) >= 11 is 6.22. The van der Waals surface area contributed by atoms with E-state index in [2.05, 4.69) is 26.7 Å². The van der Waals surface area contributed by atoms with Gasteiger partial charge in [-0.1, -0.05) is 23.8 Å². The third kappa shape index (κ3) is 3.98. The fraction of sp³-hybridized carbons (Fsp3) is 0.526. The van der Waals surface area contributed by atoms with Crippen LogP contribution in [0, 0.1) is 11.3 Å². The molecule has 0 bridgehead atoms. The molecular weight excluding hydrogens is 405 g/mol. The van der Waals surface area contributed by atoms with Gasteiger partial charge in [0.05, 0.1) is 0 Å². The summed E-state index contributed by atoms with van der Waals surface area (Å²) in [5.74, 6) is -0.445. The van der Waals surface area contributed by atoms with Crippen LogP contribution in [0.25, 0.3) is 5.65 Å². The lowest BCUT2D eigenvalue weighted by atomic mass is 9.63. The minimum atomic E-state index is -4.61. The summed E-state index contributed by atoms with van der Waals surface area (Å²) in [6.45, 7) is 0.582. The molecule has 0 amide bonds. The van der Waals surface area contributed by atoms with Crippen LogP contribution in [0.3, 0.4) is 0 Å². The van der Waals surface area contributed by atoms with Crippen LogP contribution in [0.15, 0.2) is 35.4 Å². The number of halogens is 4. The smallest absolute Gasteiger partial charge is 0.366 e. The zero-order valence-corrected chi connectivity index (χ0v) is 16.4. The van der Waals surface area contributed by atoms with Crippen molar-refractivity contribution in [3.05, 3.63) is 41.2 Å². The van der Waals surface area contributed by atoms with E-state index in [9.17, 15) is 13.2 Å². The van der Waals surface area contributed by atoms with Crippen LogP contribution in [-0.2, 0) is 6.18 Å². The predicted molar refractivity (Wildman–Crippen MR) is 104 cm³/mol. The highest BCUT2D eigenvalue weighted by molar-refractivity contribution is 6.29. The molecule has 4 rings (SSSR count). The summed E-state index contributed by atoms with van der Waals surface area (Å²) in [5.41, 5.74) is 6.22. The Labute approximate surface area is 171 Å². The Kier molecular flexibility index (Phi) is 5.29. The molecule has 0 aliphatic heterocycles. The van der Waals surface area contributed by atoms with Crippen LogP contribution in [0.1, 0.15) is 37.9 Å². The van der Waals surface area contributed by atoms with E-state index in [1.54, 1.807) is 6.07 Å². The first-order valence-electron chi connectivity index (χ1n) is 9.60. The Morgan fingerprint density at radius 2 is 2.00 bits per heavy atom. The molecule has 2 aromatic heterocycles. The molecule has 0 aromatic carbocycles. The first-order chi connectivity index (χ1) is 13.8. The van der Waals surface area contributed by atoms with Gasteiger partial charge in [0, 0.05) is 11.1 Å². The molecule has 156 valence electrons. The highest BCUT2D eigenvalue weighted by atomic mass is 35.5. The number of hydrogen-bond donors (Lipinski definition) is 2. The Hall–Kier alpha value is -2.13. The van der Waals surface area contributed by atoms with Crippen molar-refractivity contribution in [2.45, 2.75) is 44.3 Å². The van der Waals surface area contributed by atoms with Crippen molar-refractivity contribution in [1.29, 1.82) is 0 Å². The lowest BCUT2D eigenvalue weighted by Gasteiger charge is -2.45. The molecular formula is C19H22ClF3N6. The van der Waals surface area contributed by atoms with Crippen LogP contribution < -0.4 is 11.1 Å². The largest absolute Gasteiger partial charge is 0.453 e. The lowest BCUT2D eigenvalue weighted by Crippen LogP contribution is -2.43. The van der Waals surface area contributed by atoms with Crippen molar-refractivity contribution < 1.29 is 13.2 Å². The molecule has 1 unspecified atom stereocenters. The molecule has 0 spiro atoms. The average molecular weight is 427 g/mol. The van der Waals surface area contributed by atoms with Crippen LogP contribution in [0.5, 0.6) is 0 Å². The molecule has 1 atom stereocenters. The number of anilines is 1. The summed E-state index contributed by atoms with van der Waals surface area (Å²) in [6.07, 6.45) is 5.85. The Morgan fingerprint density at radius 3 is 2.66 bits per heavy atom. The SMILES string of the molecule is NCC1(C2C=CC=C(Cl)C2)CCC(Nc2ccc3nnc(C(F)(F)F)n3n2)CC1. The van der Waals surface area contributed by atoms with Crippen LogP contribution in [-0.4, -0.2) is 32.4 Å². The molecule has 2 heterocycles. The molecule has 2 aliphatic carbocycles. The lowest BCUT2D eigenvalue weighted by molar-refractivity contribution is -0.146. The highest BCUT2D eigenvalue weighted by Gasteiger charge is 2.41. The predicted octanol–water partition coefficient (Wildman–Crippen LogP) is 4.14. The van der Waals surface area contributed by atoms with E-state index in [0.717, 1.165) is 41.7 Å². The van der Waals surface area contributed by atoms with Crippen molar-refractivity contribution in [3.8, 4) is 0 Å². The second-order valence-corrected chi connectivity index (χ2v) is 8.29. The standard InChI is InChI=1S/C19H22ClF3N6/c20-13-3-1-2-12(10-13)18(11-24)8-6-14(7-9-18)25-15-4-5-16-26-27-17(19(21,22)23)29(16)28-15/h1-5,12,14H,6-11,24H2,(H,25,28). The van der Waals surface area contributed by atoms with E-state index in [1.807, 2.05) is 12.2 Å². The summed E-state index contributed by atoms with van der Waals surface area (Å²) in [6, 6.07) is 3.22. The van der Waals surface area contributed by atoms with Gasteiger partial charge in [-0.15, -0.1) is 15.3 Å². The maximum atomic E-state index is 13.1. The van der Waals surface area contributed by atoms with Crippen molar-refractivity contribution in [1.82, 2.24) is 19.8 Å². The van der Waals surface area contributed by atoms with E-state index in [4.69, 9.17) is 17.3 Å². The third-order valence-electron chi connectivity index (χ3n) is 6.08. The minimum absolute atomic E-state index is 0.00180. The molecule has 0 saturated heterocycles. The molecule has 2 aliphatic rings. The third-order valence-corrected chi connectivity index (χ3v) is 6.36. The van der Waals surface area contributed by atoms with Gasteiger partial charge in [0.25, 0.3) is 5.82 Å². The van der Waals surface area contributed by atoms with Crippen molar-refractivity contribution in [2.24, 2.45) is 17.1 Å². The first kappa shape index (κ1) is 20.2. The monoisotopic (exact) mass is 426 g/mol. The van der Waals surface area contributed by atoms with E-state index in [-0.39, 0.29) is 17.1 Å². The van der Waals surface area contributed by atoms with E-state index in [1.165, 1.54) is 6.07 Å². The number of nitrogens with zero attached hydrogens (tertiary/aromatic N) is 4.